The Bertz CT molecular complexity index is 161. The number of isothiocyanates is 1. The van der Waals surface area contributed by atoms with E-state index in [9.17, 15) is 0 Å². The molecule has 0 atom stereocenters. The van der Waals surface area contributed by atoms with Gasteiger partial charge in [-0.1, -0.05) is 12.2 Å². The number of hydrogen-bond donors (Lipinski definition) is 3. The van der Waals surface area contributed by atoms with E-state index >= 15 is 0 Å². The summed E-state index contributed by atoms with van der Waals surface area (Å²) in [7, 11) is -4.33. The zero-order chi connectivity index (χ0) is 7.21. The Labute approximate surface area is 75.2 Å². The van der Waals surface area contributed by atoms with Crippen molar-refractivity contribution in [1.29, 1.82) is 0 Å². The lowest BCUT2D eigenvalue weighted by atomic mass is 11.8. The predicted molar refractivity (Wildman–Crippen MR) is 51.0 cm³/mol. The van der Waals surface area contributed by atoms with E-state index in [-0.39, 0.29) is 18.5 Å². The van der Waals surface area contributed by atoms with E-state index in [1.165, 1.54) is 5.16 Å². The summed E-state index contributed by atoms with van der Waals surface area (Å²) < 4.78 is 26.7. The molecule has 12 N–H and O–H groups in total. The van der Waals surface area contributed by atoms with Crippen LogP contribution in [0, 0.1) is 0 Å². The molecule has 0 spiro atoms. The molecule has 0 fully saturated rings. The Kier molecular flexibility index (Phi) is 45.9. The van der Waals surface area contributed by atoms with E-state index in [0.717, 1.165) is 0 Å². The normalized spacial score (nSPS) is 6.00. The first-order valence-corrected chi connectivity index (χ1v) is 3.84. The summed E-state index contributed by atoms with van der Waals surface area (Å²) in [6.45, 7) is 0. The van der Waals surface area contributed by atoms with Crippen molar-refractivity contribution in [3.8, 4) is 0 Å². The molecular formula is CH12N4O3S3. The molecule has 0 unspecified atom stereocenters. The third-order valence-corrected chi connectivity index (χ3v) is 0. The minimum absolute atomic E-state index is 0. The highest BCUT2D eigenvalue weighted by molar-refractivity contribution is 8.26. The molecule has 10 heteroatoms. The fraction of sp³-hybridized carbons (Fsp3) is 0. The molecule has 7 nitrogen and oxygen atoms in total. The molecule has 0 heterocycles. The van der Waals surface area contributed by atoms with Crippen LogP contribution in [0.1, 0.15) is 0 Å². The van der Waals surface area contributed by atoms with E-state index in [1.54, 1.807) is 0 Å². The van der Waals surface area contributed by atoms with Gasteiger partial charge in [-0.05, 0) is 11.2 Å². The predicted octanol–water partition coefficient (Wildman–Crippen LogP) is 0.781. The molecule has 72 valence electrons. The van der Waals surface area contributed by atoms with Crippen molar-refractivity contribution in [1.82, 2.24) is 18.5 Å². The van der Waals surface area contributed by atoms with Gasteiger partial charge >= 0.3 is 0 Å². The zero-order valence-electron chi connectivity index (χ0n) is 6.40. The third kappa shape index (κ3) is 704000. The fourth-order valence-electron chi connectivity index (χ4n) is 0. The summed E-state index contributed by atoms with van der Waals surface area (Å²) in [5.74, 6) is 0. The van der Waals surface area contributed by atoms with Crippen LogP contribution >= 0.6 is 12.2 Å². The zero-order valence-corrected chi connectivity index (χ0v) is 8.85. The average Bonchev–Trinajstić information content (AvgIpc) is 1.27. The topological polar surface area (TPSA) is 195 Å². The number of nitrogens with zero attached hydrogens (tertiary/aromatic N) is 1. The second-order valence-electron chi connectivity index (χ2n) is 0.500. The van der Waals surface area contributed by atoms with Gasteiger partial charge in [-0.2, -0.15) is 5.16 Å². The molecule has 0 aromatic carbocycles. The molecule has 0 aromatic rings. The van der Waals surface area contributed by atoms with Crippen molar-refractivity contribution in [2.75, 3.05) is 0 Å². The van der Waals surface area contributed by atoms with Crippen molar-refractivity contribution in [3.63, 3.8) is 0 Å². The lowest BCUT2D eigenvalue weighted by Crippen LogP contribution is -1.88. The van der Waals surface area contributed by atoms with Crippen LogP contribution in [0.3, 0.4) is 0 Å². The van der Waals surface area contributed by atoms with Crippen LogP contribution < -0.4 is 18.5 Å². The van der Waals surface area contributed by atoms with Gasteiger partial charge in [0.25, 0.3) is 0 Å². The van der Waals surface area contributed by atoms with Gasteiger partial charge in [0.1, 0.15) is 0 Å². The maximum atomic E-state index is 8.89. The summed E-state index contributed by atoms with van der Waals surface area (Å²) in [6.07, 6.45) is 0. The standard InChI is InChI=1S/CNS.3H3N.H2O3S2/c2-1-3;;;;1-5(2,3)4/h;3*1H3;(H2,1,2,3,4)/q-1;;;;/p+1. The molecule has 0 aliphatic carbocycles. The molecular weight excluding hydrogens is 212 g/mol. The van der Waals surface area contributed by atoms with Gasteiger partial charge < -0.3 is 33.0 Å². The smallest absolute Gasteiger partial charge is 0.0484 e. The lowest BCUT2D eigenvalue weighted by molar-refractivity contribution is 0.416. The quantitative estimate of drug-likeness (QED) is 0.403. The number of thiocarbonyl (C=S) groups is 1. The highest BCUT2D eigenvalue weighted by atomic mass is 32.9. The maximum absolute atomic E-state index is 8.89. The highest BCUT2D eigenvalue weighted by Crippen LogP contribution is 1.60. The monoisotopic (exact) mass is 224 g/mol. The van der Waals surface area contributed by atoms with E-state index in [0.29, 0.717) is 0 Å². The van der Waals surface area contributed by atoms with Gasteiger partial charge in [-0.3, -0.25) is 4.21 Å². The van der Waals surface area contributed by atoms with Gasteiger partial charge in [0.05, 0.1) is 0 Å². The fourth-order valence-corrected chi connectivity index (χ4v) is 0. The summed E-state index contributed by atoms with van der Waals surface area (Å²) >= 11 is 6.94. The van der Waals surface area contributed by atoms with Crippen LogP contribution in [0.15, 0.2) is 0 Å². The number of quaternary nitrogens is 3. The average molecular weight is 224 g/mol. The Morgan fingerprint density at radius 3 is 1.27 bits per heavy atom. The van der Waals surface area contributed by atoms with Crippen LogP contribution in [-0.4, -0.2) is 18.5 Å². The molecule has 0 amide bonds. The molecule has 0 saturated carbocycles. The van der Waals surface area contributed by atoms with Gasteiger partial charge in [0, 0.05) is 0 Å². The van der Waals surface area contributed by atoms with E-state index in [1.807, 2.05) is 0 Å². The third-order valence-electron chi connectivity index (χ3n) is 0. The summed E-state index contributed by atoms with van der Waals surface area (Å²) in [5, 5.41) is 8.47. The summed E-state index contributed by atoms with van der Waals surface area (Å²) in [4.78, 5) is 0. The minimum Gasteiger partial charge on any atom is -0.780 e. The maximum Gasteiger partial charge on any atom is -0.0484 e. The van der Waals surface area contributed by atoms with Crippen LogP contribution in [0.2, 0.25) is 0 Å². The Balaban J connectivity index is -0.0000000183. The Morgan fingerprint density at radius 2 is 1.27 bits per heavy atom. The molecule has 0 aromatic heterocycles. The van der Waals surface area contributed by atoms with Gasteiger partial charge in [-0.15, -0.1) is 9.05 Å². The van der Waals surface area contributed by atoms with Crippen LogP contribution in [0.4, 0.5) is 0 Å². The first-order chi connectivity index (χ1) is 3.41. The minimum atomic E-state index is -4.33. The Hall–Kier alpha value is -0.0300. The highest BCUT2D eigenvalue weighted by Gasteiger charge is 1.43. The van der Waals surface area contributed by atoms with Gasteiger partial charge in [0.15, 0.2) is 0 Å². The Morgan fingerprint density at radius 1 is 1.27 bits per heavy atom. The first kappa shape index (κ1) is 30.6. The van der Waals surface area contributed by atoms with Crippen LogP contribution in [0.25, 0.3) is 5.41 Å². The number of rotatable bonds is 0. The molecule has 0 rings (SSSR count). The molecule has 11 heavy (non-hydrogen) atoms. The van der Waals surface area contributed by atoms with E-state index in [2.05, 4.69) is 23.4 Å². The van der Waals surface area contributed by atoms with Crippen molar-refractivity contribution in [2.45, 2.75) is 0 Å². The molecule has 0 radical (unpaired) electrons. The SMILES string of the molecule is O=S([O-])([O-])=S.[N-]=C=S.[NH4+].[NH4+].[NH4+]. The van der Waals surface area contributed by atoms with Crippen LogP contribution in [0.5, 0.6) is 0 Å². The van der Waals surface area contributed by atoms with Gasteiger partial charge in [-0.25, -0.2) is 0 Å². The lowest BCUT2D eigenvalue weighted by Gasteiger charge is -2.12. The molecule has 0 saturated heterocycles. The second kappa shape index (κ2) is 16.5. The van der Waals surface area contributed by atoms with Crippen molar-refractivity contribution >= 4 is 37.6 Å². The van der Waals surface area contributed by atoms with Crippen molar-refractivity contribution in [3.05, 3.63) is 5.41 Å². The van der Waals surface area contributed by atoms with Crippen molar-refractivity contribution in [2.24, 2.45) is 0 Å². The van der Waals surface area contributed by atoms with E-state index in [4.69, 9.17) is 18.7 Å². The summed E-state index contributed by atoms with van der Waals surface area (Å²) in [6, 6.07) is 0. The first-order valence-electron chi connectivity index (χ1n) is 1.09. The second-order valence-corrected chi connectivity index (χ2v) is 2.72. The largest absolute Gasteiger partial charge is 0.780 e. The molecule has 0 bridgehead atoms. The summed E-state index contributed by atoms with van der Waals surface area (Å²) in [5.41, 5.74) is 0. The molecule has 0 aliphatic rings. The van der Waals surface area contributed by atoms with E-state index < -0.39 is 9.05 Å². The van der Waals surface area contributed by atoms with Crippen molar-refractivity contribution < 1.29 is 13.3 Å². The van der Waals surface area contributed by atoms with Gasteiger partial charge in [0.2, 0.25) is 0 Å². The van der Waals surface area contributed by atoms with Crippen LogP contribution in [-0.2, 0) is 20.2 Å². The molecule has 0 aliphatic heterocycles. The number of hydrogen-bond acceptors (Lipinski definition) is 5.